The highest BCUT2D eigenvalue weighted by molar-refractivity contribution is 7.17. The van der Waals surface area contributed by atoms with Crippen molar-refractivity contribution in [3.8, 4) is 33.1 Å². The lowest BCUT2D eigenvalue weighted by atomic mass is 10.0. The lowest BCUT2D eigenvalue weighted by Gasteiger charge is -2.10. The van der Waals surface area contributed by atoms with Crippen LogP contribution < -0.4 is 0 Å². The summed E-state index contributed by atoms with van der Waals surface area (Å²) in [6, 6.07) is 11.0. The van der Waals surface area contributed by atoms with Crippen LogP contribution in [0.15, 0.2) is 55.0 Å². The molecule has 0 atom stereocenters. The molecule has 0 saturated heterocycles. The number of carbonyl (C=O) groups excluding carboxylic acids is 1. The number of nitrogens with zero attached hydrogens (tertiary/aromatic N) is 5. The summed E-state index contributed by atoms with van der Waals surface area (Å²) < 4.78 is 15.1. The summed E-state index contributed by atoms with van der Waals surface area (Å²) in [5, 5.41) is 7.77. The van der Waals surface area contributed by atoms with E-state index in [-0.39, 0.29) is 11.3 Å². The highest BCUT2D eigenvalue weighted by Gasteiger charge is 2.19. The Morgan fingerprint density at radius 1 is 1.11 bits per heavy atom. The van der Waals surface area contributed by atoms with Gasteiger partial charge in [0, 0.05) is 46.5 Å². The largest absolute Gasteiger partial charge is 0.335 e. The first-order valence-electron chi connectivity index (χ1n) is 11.6. The van der Waals surface area contributed by atoms with Crippen molar-refractivity contribution in [3.05, 3.63) is 71.2 Å². The van der Waals surface area contributed by atoms with Crippen LogP contribution in [0.4, 0.5) is 4.39 Å². The number of thiophene rings is 1. The first-order valence-corrected chi connectivity index (χ1v) is 12.4. The molecule has 184 valence electrons. The van der Waals surface area contributed by atoms with Crippen LogP contribution in [0.1, 0.15) is 22.2 Å². The van der Waals surface area contributed by atoms with Gasteiger partial charge in [0.1, 0.15) is 11.2 Å². The van der Waals surface area contributed by atoms with Gasteiger partial charge in [-0.1, -0.05) is 0 Å². The van der Waals surface area contributed by atoms with E-state index in [1.807, 2.05) is 50.6 Å². The molecule has 0 aliphatic rings. The quantitative estimate of drug-likeness (QED) is 0.278. The van der Waals surface area contributed by atoms with Crippen LogP contribution in [-0.2, 0) is 6.54 Å². The molecular formula is C27H22FN7OS. The average Bonchev–Trinajstić information content (AvgIpc) is 3.61. The van der Waals surface area contributed by atoms with E-state index < -0.39 is 5.82 Å². The van der Waals surface area contributed by atoms with Crippen molar-refractivity contribution >= 4 is 39.2 Å². The summed E-state index contributed by atoms with van der Waals surface area (Å²) in [7, 11) is 3.98. The smallest absolute Gasteiger partial charge is 0.178 e. The number of hydrogen-bond acceptors (Lipinski definition) is 7. The number of nitrogens with one attached hydrogen (secondary N) is 2. The molecule has 0 aliphatic heterocycles. The van der Waals surface area contributed by atoms with Crippen LogP contribution in [0.3, 0.4) is 0 Å². The molecule has 0 saturated carbocycles. The zero-order valence-electron chi connectivity index (χ0n) is 20.3. The van der Waals surface area contributed by atoms with Crippen molar-refractivity contribution in [3.63, 3.8) is 0 Å². The summed E-state index contributed by atoms with van der Waals surface area (Å²) in [6.07, 6.45) is 5.23. The van der Waals surface area contributed by atoms with Gasteiger partial charge in [-0.25, -0.2) is 14.4 Å². The van der Waals surface area contributed by atoms with E-state index in [0.29, 0.717) is 33.0 Å². The minimum absolute atomic E-state index is 0.0241. The minimum atomic E-state index is -0.432. The van der Waals surface area contributed by atoms with Crippen LogP contribution in [-0.4, -0.2) is 54.9 Å². The standard InChI is InChI=1S/C27H22FN7OS/c1-14(36)21-4-5-22(37-21)18-6-7-30-26-24(18)31-27(32-26)25-19-9-16(10-20(28)23(19)33-34-25)17-8-15(11-29-12-17)13-35(2)3/h4-12H,13H2,1-3H3,(H,33,34)(H,30,31,32). The number of pyridine rings is 2. The molecule has 2 N–H and O–H groups in total. The first kappa shape index (κ1) is 23.1. The normalized spacial score (nSPS) is 11.7. The van der Waals surface area contributed by atoms with Gasteiger partial charge < -0.3 is 9.88 Å². The van der Waals surface area contributed by atoms with Gasteiger partial charge >= 0.3 is 0 Å². The molecule has 0 radical (unpaired) electrons. The van der Waals surface area contributed by atoms with Crippen LogP contribution >= 0.6 is 11.3 Å². The number of aromatic nitrogens is 6. The third-order valence-electron chi connectivity index (χ3n) is 6.09. The SMILES string of the molecule is CC(=O)c1ccc(-c2ccnc3nc(-c4[nH]nc5c(F)cc(-c6cncc(CN(C)C)c6)cc45)[nH]c23)s1. The maximum Gasteiger partial charge on any atom is 0.178 e. The van der Waals surface area contributed by atoms with Crippen LogP contribution in [0.25, 0.3) is 55.2 Å². The van der Waals surface area contributed by atoms with Gasteiger partial charge in [0.05, 0.1) is 10.4 Å². The molecule has 0 amide bonds. The molecule has 0 unspecified atom stereocenters. The molecule has 5 heterocycles. The molecule has 0 spiro atoms. The Morgan fingerprint density at radius 2 is 1.97 bits per heavy atom. The zero-order valence-corrected chi connectivity index (χ0v) is 21.2. The van der Waals surface area contributed by atoms with Gasteiger partial charge in [0.25, 0.3) is 0 Å². The molecule has 37 heavy (non-hydrogen) atoms. The van der Waals surface area contributed by atoms with Crippen LogP contribution in [0.5, 0.6) is 0 Å². The molecule has 10 heteroatoms. The number of ketones is 1. The predicted octanol–water partition coefficient (Wildman–Crippen LogP) is 5.70. The van der Waals surface area contributed by atoms with Crippen LogP contribution in [0.2, 0.25) is 0 Å². The second-order valence-corrected chi connectivity index (χ2v) is 10.2. The van der Waals surface area contributed by atoms with E-state index in [0.717, 1.165) is 33.6 Å². The van der Waals surface area contributed by atoms with Crippen molar-refractivity contribution in [2.24, 2.45) is 0 Å². The highest BCUT2D eigenvalue weighted by atomic mass is 32.1. The number of imidazole rings is 1. The topological polar surface area (TPSA) is 103 Å². The van der Waals surface area contributed by atoms with Gasteiger partial charge in [-0.05, 0) is 68.5 Å². The lowest BCUT2D eigenvalue weighted by molar-refractivity contribution is 0.102. The minimum Gasteiger partial charge on any atom is -0.335 e. The molecule has 6 aromatic rings. The van der Waals surface area contributed by atoms with Gasteiger partial charge in [0.15, 0.2) is 23.1 Å². The van der Waals surface area contributed by atoms with E-state index >= 15 is 4.39 Å². The molecular weight excluding hydrogens is 489 g/mol. The van der Waals surface area contributed by atoms with Crippen LogP contribution in [0, 0.1) is 5.82 Å². The summed E-state index contributed by atoms with van der Waals surface area (Å²) in [4.78, 5) is 32.2. The fourth-order valence-corrected chi connectivity index (χ4v) is 5.36. The first-order chi connectivity index (χ1) is 17.9. The third kappa shape index (κ3) is 4.20. The lowest BCUT2D eigenvalue weighted by Crippen LogP contribution is -2.10. The molecule has 0 aliphatic carbocycles. The molecule has 0 bridgehead atoms. The van der Waals surface area contributed by atoms with E-state index in [2.05, 4.69) is 35.0 Å². The Morgan fingerprint density at radius 3 is 2.76 bits per heavy atom. The number of Topliss-reactive ketones (excluding diaryl/α,β-unsaturated/α-hetero) is 1. The summed E-state index contributed by atoms with van der Waals surface area (Å²) in [5.41, 5.74) is 5.49. The maximum atomic E-state index is 15.1. The summed E-state index contributed by atoms with van der Waals surface area (Å²) in [5.74, 6) is 0.0891. The second kappa shape index (κ2) is 8.99. The van der Waals surface area contributed by atoms with Crippen molar-refractivity contribution in [2.45, 2.75) is 13.5 Å². The predicted molar refractivity (Wildman–Crippen MR) is 143 cm³/mol. The van der Waals surface area contributed by atoms with E-state index in [1.54, 1.807) is 19.3 Å². The third-order valence-corrected chi connectivity index (χ3v) is 7.31. The monoisotopic (exact) mass is 511 g/mol. The Hall–Kier alpha value is -4.28. The van der Waals surface area contributed by atoms with Gasteiger partial charge in [-0.15, -0.1) is 11.3 Å². The fraction of sp³-hybridized carbons (Fsp3) is 0.148. The van der Waals surface area contributed by atoms with E-state index in [1.165, 1.54) is 17.4 Å². The Balaban J connectivity index is 1.46. The van der Waals surface area contributed by atoms with Crippen molar-refractivity contribution in [1.29, 1.82) is 0 Å². The number of H-pyrrole nitrogens is 2. The van der Waals surface area contributed by atoms with E-state index in [4.69, 9.17) is 0 Å². The fourth-order valence-electron chi connectivity index (χ4n) is 4.43. The molecule has 1 aromatic carbocycles. The summed E-state index contributed by atoms with van der Waals surface area (Å²) >= 11 is 1.42. The number of hydrogen-bond donors (Lipinski definition) is 2. The molecule has 6 rings (SSSR count). The van der Waals surface area contributed by atoms with Gasteiger partial charge in [-0.3, -0.25) is 14.9 Å². The number of aromatic amines is 2. The van der Waals surface area contributed by atoms with Gasteiger partial charge in [-0.2, -0.15) is 5.10 Å². The van der Waals surface area contributed by atoms with Crippen molar-refractivity contribution < 1.29 is 9.18 Å². The van der Waals surface area contributed by atoms with Gasteiger partial charge in [0.2, 0.25) is 0 Å². The highest BCUT2D eigenvalue weighted by Crippen LogP contribution is 2.35. The number of halogens is 1. The van der Waals surface area contributed by atoms with E-state index in [9.17, 15) is 4.79 Å². The number of rotatable bonds is 6. The van der Waals surface area contributed by atoms with Crippen molar-refractivity contribution in [1.82, 2.24) is 35.0 Å². The second-order valence-electron chi connectivity index (χ2n) is 9.14. The Kier molecular flexibility index (Phi) is 5.62. The van der Waals surface area contributed by atoms with Crippen molar-refractivity contribution in [2.75, 3.05) is 14.1 Å². The number of fused-ring (bicyclic) bond motifs is 2. The average molecular weight is 512 g/mol. The molecule has 0 fully saturated rings. The maximum absolute atomic E-state index is 15.1. The molecule has 5 aromatic heterocycles. The number of benzene rings is 1. The zero-order chi connectivity index (χ0) is 25.7. The Labute approximate surface area is 215 Å². The summed E-state index contributed by atoms with van der Waals surface area (Å²) in [6.45, 7) is 2.28. The molecule has 8 nitrogen and oxygen atoms in total. The number of carbonyl (C=O) groups is 1. The Bertz CT molecular complexity index is 1800.